The van der Waals surface area contributed by atoms with Gasteiger partial charge in [-0.05, 0) is 52.1 Å². The molecule has 1 N–H and O–H groups in total. The van der Waals surface area contributed by atoms with Crippen molar-refractivity contribution >= 4 is 38.9 Å². The highest BCUT2D eigenvalue weighted by molar-refractivity contribution is 9.10. The highest BCUT2D eigenvalue weighted by atomic mass is 79.9. The molecule has 2 aromatic rings. The van der Waals surface area contributed by atoms with Gasteiger partial charge in [0.25, 0.3) is 0 Å². The molecular formula is C13H13BrClNOS. The molecule has 1 heterocycles. The van der Waals surface area contributed by atoms with Crippen molar-refractivity contribution in [3.05, 3.63) is 49.6 Å². The van der Waals surface area contributed by atoms with Gasteiger partial charge in [-0.3, -0.25) is 0 Å². The molecule has 0 radical (unpaired) electrons. The Morgan fingerprint density at radius 1 is 1.39 bits per heavy atom. The normalized spacial score (nSPS) is 12.4. The summed E-state index contributed by atoms with van der Waals surface area (Å²) < 4.78 is 6.37. The predicted molar refractivity (Wildman–Crippen MR) is 80.9 cm³/mol. The summed E-state index contributed by atoms with van der Waals surface area (Å²) >= 11 is 11.3. The van der Waals surface area contributed by atoms with Crippen LogP contribution in [-0.4, -0.2) is 14.2 Å². The first-order valence-corrected chi connectivity index (χ1v) is 7.46. The zero-order valence-electron chi connectivity index (χ0n) is 10.0. The van der Waals surface area contributed by atoms with Crippen molar-refractivity contribution < 1.29 is 4.74 Å². The average molecular weight is 347 g/mol. The smallest absolute Gasteiger partial charge is 0.137 e. The molecule has 0 aliphatic rings. The van der Waals surface area contributed by atoms with Crippen molar-refractivity contribution in [1.82, 2.24) is 5.32 Å². The number of thiophene rings is 1. The van der Waals surface area contributed by atoms with Crippen molar-refractivity contribution in [3.8, 4) is 5.75 Å². The minimum absolute atomic E-state index is 0.130. The van der Waals surface area contributed by atoms with Crippen LogP contribution in [0.5, 0.6) is 5.75 Å². The van der Waals surface area contributed by atoms with E-state index in [2.05, 4.69) is 32.7 Å². The van der Waals surface area contributed by atoms with E-state index in [1.54, 1.807) is 18.4 Å². The molecule has 0 saturated carbocycles. The molecule has 1 aromatic heterocycles. The van der Waals surface area contributed by atoms with Crippen LogP contribution in [0.15, 0.2) is 34.1 Å². The number of hydrogen-bond acceptors (Lipinski definition) is 3. The molecule has 0 aliphatic heterocycles. The summed E-state index contributed by atoms with van der Waals surface area (Å²) in [5, 5.41) is 6.01. The van der Waals surface area contributed by atoms with Crippen LogP contribution >= 0.6 is 38.9 Å². The summed E-state index contributed by atoms with van der Waals surface area (Å²) in [6.07, 6.45) is 0. The van der Waals surface area contributed by atoms with Gasteiger partial charge in [0.05, 0.1) is 18.2 Å². The van der Waals surface area contributed by atoms with Crippen molar-refractivity contribution in [3.63, 3.8) is 0 Å². The molecule has 0 bridgehead atoms. The van der Waals surface area contributed by atoms with E-state index in [1.165, 1.54) is 4.88 Å². The van der Waals surface area contributed by atoms with Gasteiger partial charge in [0.15, 0.2) is 0 Å². The van der Waals surface area contributed by atoms with E-state index in [4.69, 9.17) is 16.3 Å². The van der Waals surface area contributed by atoms with E-state index in [9.17, 15) is 0 Å². The fraction of sp³-hybridized carbons (Fsp3) is 0.231. The first-order valence-electron chi connectivity index (χ1n) is 5.41. The lowest BCUT2D eigenvalue weighted by Crippen LogP contribution is -2.16. The van der Waals surface area contributed by atoms with Gasteiger partial charge in [0, 0.05) is 9.35 Å². The van der Waals surface area contributed by atoms with Crippen LogP contribution in [0, 0.1) is 0 Å². The zero-order valence-corrected chi connectivity index (χ0v) is 13.2. The zero-order chi connectivity index (χ0) is 13.1. The standard InChI is InChI=1S/C13H13BrClNOS/c1-16-12(13-9(14)5-6-18-13)8-3-4-10(15)11(7-8)17-2/h3-7,12,16H,1-2H3. The third-order valence-corrected chi connectivity index (χ3v) is 4.95. The largest absolute Gasteiger partial charge is 0.495 e. The summed E-state index contributed by atoms with van der Waals surface area (Å²) in [7, 11) is 3.57. The van der Waals surface area contributed by atoms with E-state index in [1.807, 2.05) is 25.2 Å². The second-order valence-electron chi connectivity index (χ2n) is 3.75. The third kappa shape index (κ3) is 2.72. The first kappa shape index (κ1) is 13.9. The lowest BCUT2D eigenvalue weighted by Gasteiger charge is -2.17. The highest BCUT2D eigenvalue weighted by Crippen LogP contribution is 2.35. The van der Waals surface area contributed by atoms with Gasteiger partial charge in [0.2, 0.25) is 0 Å². The Kier molecular flexibility index (Phi) is 4.67. The van der Waals surface area contributed by atoms with Crippen molar-refractivity contribution in [1.29, 1.82) is 0 Å². The van der Waals surface area contributed by atoms with Gasteiger partial charge in [-0.15, -0.1) is 11.3 Å². The number of benzene rings is 1. The summed E-state index contributed by atoms with van der Waals surface area (Å²) in [5.41, 5.74) is 1.13. The molecule has 1 unspecified atom stereocenters. The lowest BCUT2D eigenvalue weighted by atomic mass is 10.1. The van der Waals surface area contributed by atoms with Gasteiger partial charge in [-0.2, -0.15) is 0 Å². The molecule has 0 aliphatic carbocycles. The van der Waals surface area contributed by atoms with Gasteiger partial charge >= 0.3 is 0 Å². The number of ether oxygens (including phenoxy) is 1. The fourth-order valence-corrected chi connectivity index (χ4v) is 3.75. The van der Waals surface area contributed by atoms with E-state index in [0.717, 1.165) is 10.0 Å². The molecule has 18 heavy (non-hydrogen) atoms. The van der Waals surface area contributed by atoms with Crippen molar-refractivity contribution in [2.75, 3.05) is 14.2 Å². The van der Waals surface area contributed by atoms with Crippen molar-refractivity contribution in [2.24, 2.45) is 0 Å². The molecule has 0 fully saturated rings. The average Bonchev–Trinajstić information content (AvgIpc) is 2.79. The van der Waals surface area contributed by atoms with Gasteiger partial charge in [-0.1, -0.05) is 17.7 Å². The molecule has 0 spiro atoms. The molecular weight excluding hydrogens is 334 g/mol. The van der Waals surface area contributed by atoms with Crippen LogP contribution in [0.1, 0.15) is 16.5 Å². The van der Waals surface area contributed by atoms with E-state index in [-0.39, 0.29) is 6.04 Å². The fourth-order valence-electron chi connectivity index (χ4n) is 1.82. The molecule has 1 atom stereocenters. The maximum absolute atomic E-state index is 6.05. The molecule has 1 aromatic carbocycles. The maximum atomic E-state index is 6.05. The Bertz CT molecular complexity index is 544. The number of nitrogens with one attached hydrogen (secondary N) is 1. The van der Waals surface area contributed by atoms with Crippen LogP contribution in [0.2, 0.25) is 5.02 Å². The summed E-state index contributed by atoms with van der Waals surface area (Å²) in [6.45, 7) is 0. The third-order valence-electron chi connectivity index (χ3n) is 2.70. The Morgan fingerprint density at radius 2 is 2.17 bits per heavy atom. The van der Waals surface area contributed by atoms with Crippen LogP contribution in [0.3, 0.4) is 0 Å². The molecule has 0 saturated heterocycles. The van der Waals surface area contributed by atoms with Crippen LogP contribution < -0.4 is 10.1 Å². The number of halogens is 2. The Balaban J connectivity index is 2.42. The minimum Gasteiger partial charge on any atom is -0.495 e. The Labute approximate surface area is 124 Å². The van der Waals surface area contributed by atoms with Crippen LogP contribution in [-0.2, 0) is 0 Å². The first-order chi connectivity index (χ1) is 8.67. The molecule has 2 rings (SSSR count). The lowest BCUT2D eigenvalue weighted by molar-refractivity contribution is 0.414. The van der Waals surface area contributed by atoms with Crippen LogP contribution in [0.4, 0.5) is 0 Å². The molecule has 5 heteroatoms. The molecule has 96 valence electrons. The SMILES string of the molecule is CNC(c1ccc(Cl)c(OC)c1)c1sccc1Br. The predicted octanol–water partition coefficient (Wildman–Crippen LogP) is 4.48. The topological polar surface area (TPSA) is 21.3 Å². The van der Waals surface area contributed by atoms with Gasteiger partial charge in [-0.25, -0.2) is 0 Å². The van der Waals surface area contributed by atoms with E-state index >= 15 is 0 Å². The maximum Gasteiger partial charge on any atom is 0.137 e. The van der Waals surface area contributed by atoms with Crippen molar-refractivity contribution in [2.45, 2.75) is 6.04 Å². The highest BCUT2D eigenvalue weighted by Gasteiger charge is 2.17. The summed E-state index contributed by atoms with van der Waals surface area (Å²) in [6, 6.07) is 8.03. The monoisotopic (exact) mass is 345 g/mol. The van der Waals surface area contributed by atoms with Gasteiger partial charge < -0.3 is 10.1 Å². The molecule has 0 amide bonds. The quantitative estimate of drug-likeness (QED) is 0.881. The summed E-state index contributed by atoms with van der Waals surface area (Å²) in [4.78, 5) is 1.24. The minimum atomic E-state index is 0.130. The number of rotatable bonds is 4. The van der Waals surface area contributed by atoms with Gasteiger partial charge in [0.1, 0.15) is 5.75 Å². The Morgan fingerprint density at radius 3 is 2.72 bits per heavy atom. The van der Waals surface area contributed by atoms with E-state index < -0.39 is 0 Å². The Hall–Kier alpha value is -0.550. The van der Waals surface area contributed by atoms with E-state index in [0.29, 0.717) is 10.8 Å². The second-order valence-corrected chi connectivity index (χ2v) is 5.96. The second kappa shape index (κ2) is 6.06. The van der Waals surface area contributed by atoms with Crippen LogP contribution in [0.25, 0.3) is 0 Å². The number of hydrogen-bond donors (Lipinski definition) is 1. The number of methoxy groups -OCH3 is 1. The molecule has 2 nitrogen and oxygen atoms in total. The summed E-state index contributed by atoms with van der Waals surface area (Å²) in [5.74, 6) is 0.696.